The summed E-state index contributed by atoms with van der Waals surface area (Å²) < 4.78 is 0. The van der Waals surface area contributed by atoms with Gasteiger partial charge in [-0.05, 0) is 11.8 Å². The Morgan fingerprint density at radius 3 is 3.08 bits per heavy atom. The zero-order valence-corrected chi connectivity index (χ0v) is 8.11. The Balaban J connectivity index is 3.06. The lowest BCUT2D eigenvalue weighted by Gasteiger charge is -1.99. The first-order chi connectivity index (χ1) is 5.77. The van der Waals surface area contributed by atoms with Gasteiger partial charge in [0.15, 0.2) is 5.69 Å². The predicted octanol–water partition coefficient (Wildman–Crippen LogP) is 2.72. The second-order valence-electron chi connectivity index (χ2n) is 2.05. The van der Waals surface area contributed by atoms with E-state index in [2.05, 4.69) is 4.98 Å². The minimum atomic E-state index is 0.450. The second-order valence-corrected chi connectivity index (χ2v) is 3.79. The SMILES string of the molecule is CCSc1cc(Cl)cnc1C#N. The highest BCUT2D eigenvalue weighted by molar-refractivity contribution is 7.99. The van der Waals surface area contributed by atoms with Gasteiger partial charge in [0.25, 0.3) is 0 Å². The predicted molar refractivity (Wildman–Crippen MR) is 50.4 cm³/mol. The fraction of sp³-hybridized carbons (Fsp3) is 0.250. The molecule has 0 amide bonds. The number of thioether (sulfide) groups is 1. The van der Waals surface area contributed by atoms with E-state index in [1.54, 1.807) is 17.8 Å². The highest BCUT2D eigenvalue weighted by Gasteiger charge is 2.03. The van der Waals surface area contributed by atoms with Crippen LogP contribution in [0.4, 0.5) is 0 Å². The lowest BCUT2D eigenvalue weighted by Crippen LogP contribution is -1.86. The van der Waals surface area contributed by atoms with Crippen molar-refractivity contribution in [2.45, 2.75) is 11.8 Å². The molecule has 0 aliphatic heterocycles. The van der Waals surface area contributed by atoms with Crippen LogP contribution >= 0.6 is 23.4 Å². The van der Waals surface area contributed by atoms with E-state index in [0.29, 0.717) is 10.7 Å². The Morgan fingerprint density at radius 2 is 2.50 bits per heavy atom. The van der Waals surface area contributed by atoms with Crippen molar-refractivity contribution in [2.75, 3.05) is 5.75 Å². The van der Waals surface area contributed by atoms with Crippen LogP contribution < -0.4 is 0 Å². The van der Waals surface area contributed by atoms with E-state index in [9.17, 15) is 0 Å². The zero-order chi connectivity index (χ0) is 8.97. The molecule has 62 valence electrons. The van der Waals surface area contributed by atoms with Crippen LogP contribution in [-0.2, 0) is 0 Å². The van der Waals surface area contributed by atoms with Gasteiger partial charge in [0.05, 0.1) is 5.02 Å². The van der Waals surface area contributed by atoms with Gasteiger partial charge >= 0.3 is 0 Å². The zero-order valence-electron chi connectivity index (χ0n) is 6.54. The van der Waals surface area contributed by atoms with Gasteiger partial charge < -0.3 is 0 Å². The summed E-state index contributed by atoms with van der Waals surface area (Å²) >= 11 is 7.30. The van der Waals surface area contributed by atoms with E-state index in [-0.39, 0.29) is 0 Å². The molecule has 0 fully saturated rings. The third-order valence-corrected chi connectivity index (χ3v) is 2.34. The van der Waals surface area contributed by atoms with E-state index >= 15 is 0 Å². The van der Waals surface area contributed by atoms with Crippen molar-refractivity contribution in [1.82, 2.24) is 4.98 Å². The molecule has 0 atom stereocenters. The number of hydrogen-bond donors (Lipinski definition) is 0. The van der Waals surface area contributed by atoms with Gasteiger partial charge in [-0.15, -0.1) is 11.8 Å². The van der Waals surface area contributed by atoms with Crippen LogP contribution in [0.1, 0.15) is 12.6 Å². The standard InChI is InChI=1S/C8H7ClN2S/c1-2-12-8-3-6(9)5-11-7(8)4-10/h3,5H,2H2,1H3. The molecule has 2 nitrogen and oxygen atoms in total. The van der Waals surface area contributed by atoms with Crippen molar-refractivity contribution in [3.63, 3.8) is 0 Å². The summed E-state index contributed by atoms with van der Waals surface area (Å²) in [4.78, 5) is 4.76. The van der Waals surface area contributed by atoms with E-state index in [1.165, 1.54) is 6.20 Å². The quantitative estimate of drug-likeness (QED) is 0.686. The molecule has 0 radical (unpaired) electrons. The van der Waals surface area contributed by atoms with Crippen LogP contribution in [0.5, 0.6) is 0 Å². The molecule has 1 aromatic rings. The van der Waals surface area contributed by atoms with Gasteiger partial charge in [-0.2, -0.15) is 5.26 Å². The fourth-order valence-electron chi connectivity index (χ4n) is 0.770. The molecule has 0 saturated carbocycles. The van der Waals surface area contributed by atoms with Crippen LogP contribution in [0.15, 0.2) is 17.2 Å². The van der Waals surface area contributed by atoms with Gasteiger partial charge in [-0.1, -0.05) is 18.5 Å². The van der Waals surface area contributed by atoms with Crippen molar-refractivity contribution in [3.8, 4) is 6.07 Å². The first kappa shape index (κ1) is 9.37. The Kier molecular flexibility index (Phi) is 3.39. The van der Waals surface area contributed by atoms with Crippen LogP contribution in [0, 0.1) is 11.3 Å². The number of hydrogen-bond acceptors (Lipinski definition) is 3. The van der Waals surface area contributed by atoms with E-state index in [1.807, 2.05) is 13.0 Å². The summed E-state index contributed by atoms with van der Waals surface area (Å²) in [6.07, 6.45) is 1.49. The molecule has 4 heteroatoms. The van der Waals surface area contributed by atoms with E-state index in [0.717, 1.165) is 10.6 Å². The normalized spacial score (nSPS) is 9.42. The molecule has 0 bridgehead atoms. The highest BCUT2D eigenvalue weighted by Crippen LogP contribution is 2.23. The smallest absolute Gasteiger partial charge is 0.154 e. The maximum Gasteiger partial charge on any atom is 0.154 e. The largest absolute Gasteiger partial charge is 0.243 e. The number of halogens is 1. The molecule has 1 heterocycles. The summed E-state index contributed by atoms with van der Waals surface area (Å²) in [6.45, 7) is 2.02. The number of aromatic nitrogens is 1. The Bertz CT molecular complexity index is 319. The van der Waals surface area contributed by atoms with Gasteiger partial charge in [-0.25, -0.2) is 4.98 Å². The molecule has 1 rings (SSSR count). The first-order valence-corrected chi connectivity index (χ1v) is 4.82. The van der Waals surface area contributed by atoms with Crippen molar-refractivity contribution in [1.29, 1.82) is 5.26 Å². The molecule has 0 aromatic carbocycles. The molecular formula is C8H7ClN2S. The van der Waals surface area contributed by atoms with Crippen LogP contribution in [0.2, 0.25) is 5.02 Å². The van der Waals surface area contributed by atoms with Crippen LogP contribution in [-0.4, -0.2) is 10.7 Å². The Labute approximate surface area is 80.6 Å². The Morgan fingerprint density at radius 1 is 1.75 bits per heavy atom. The molecular weight excluding hydrogens is 192 g/mol. The van der Waals surface area contributed by atoms with Gasteiger partial charge in [0.2, 0.25) is 0 Å². The summed E-state index contributed by atoms with van der Waals surface area (Å²) in [5, 5.41) is 9.24. The molecule has 1 aromatic heterocycles. The van der Waals surface area contributed by atoms with E-state index in [4.69, 9.17) is 16.9 Å². The van der Waals surface area contributed by atoms with Crippen LogP contribution in [0.3, 0.4) is 0 Å². The topological polar surface area (TPSA) is 36.7 Å². The summed E-state index contributed by atoms with van der Waals surface area (Å²) in [7, 11) is 0. The van der Waals surface area contributed by atoms with Crippen molar-refractivity contribution in [2.24, 2.45) is 0 Å². The number of rotatable bonds is 2. The lowest BCUT2D eigenvalue weighted by molar-refractivity contribution is 1.18. The van der Waals surface area contributed by atoms with Gasteiger partial charge in [0, 0.05) is 11.1 Å². The first-order valence-electron chi connectivity index (χ1n) is 3.46. The minimum absolute atomic E-state index is 0.450. The van der Waals surface area contributed by atoms with Crippen LogP contribution in [0.25, 0.3) is 0 Å². The molecule has 0 spiro atoms. The third kappa shape index (κ3) is 2.13. The number of nitriles is 1. The molecule has 0 aliphatic carbocycles. The maximum absolute atomic E-state index is 8.67. The average molecular weight is 199 g/mol. The van der Waals surface area contributed by atoms with Crippen molar-refractivity contribution < 1.29 is 0 Å². The fourth-order valence-corrected chi connectivity index (χ4v) is 1.75. The molecule has 0 saturated heterocycles. The lowest BCUT2D eigenvalue weighted by atomic mass is 10.4. The highest BCUT2D eigenvalue weighted by atomic mass is 35.5. The maximum atomic E-state index is 8.67. The minimum Gasteiger partial charge on any atom is -0.243 e. The average Bonchev–Trinajstić information content (AvgIpc) is 2.05. The molecule has 0 aliphatic rings. The monoisotopic (exact) mass is 198 g/mol. The summed E-state index contributed by atoms with van der Waals surface area (Å²) in [6, 6.07) is 3.78. The third-order valence-electron chi connectivity index (χ3n) is 1.23. The second kappa shape index (κ2) is 4.34. The van der Waals surface area contributed by atoms with E-state index < -0.39 is 0 Å². The van der Waals surface area contributed by atoms with Gasteiger partial charge in [-0.3, -0.25) is 0 Å². The number of nitrogens with zero attached hydrogens (tertiary/aromatic N) is 2. The van der Waals surface area contributed by atoms with Crippen molar-refractivity contribution in [3.05, 3.63) is 23.0 Å². The Hall–Kier alpha value is -0.720. The van der Waals surface area contributed by atoms with Gasteiger partial charge in [0.1, 0.15) is 6.07 Å². The summed E-state index contributed by atoms with van der Waals surface area (Å²) in [5.41, 5.74) is 0.450. The molecule has 12 heavy (non-hydrogen) atoms. The summed E-state index contributed by atoms with van der Waals surface area (Å²) in [5.74, 6) is 0.913. The van der Waals surface area contributed by atoms with Crippen molar-refractivity contribution >= 4 is 23.4 Å². The number of pyridine rings is 1. The molecule has 0 unspecified atom stereocenters. The molecule has 0 N–H and O–H groups in total.